The summed E-state index contributed by atoms with van der Waals surface area (Å²) < 4.78 is 5.64. The van der Waals surface area contributed by atoms with Gasteiger partial charge in [-0.25, -0.2) is 0 Å². The van der Waals surface area contributed by atoms with E-state index in [1.54, 1.807) is 6.20 Å². The molecule has 0 fully saturated rings. The lowest BCUT2D eigenvalue weighted by Gasteiger charge is -2.25. The van der Waals surface area contributed by atoms with Crippen LogP contribution in [0.1, 0.15) is 46.1 Å². The van der Waals surface area contributed by atoms with Crippen molar-refractivity contribution in [3.63, 3.8) is 0 Å². The molecule has 1 aromatic rings. The van der Waals surface area contributed by atoms with Gasteiger partial charge in [0.15, 0.2) is 0 Å². The standard InChI is InChI=1S/C15H26N2O/c1-5-9-18-14-10-13(11-17-12-14)15(3,4)7-8-16-6-2/h10-12,16H,5-9H2,1-4H3. The van der Waals surface area contributed by atoms with Crippen molar-refractivity contribution in [3.05, 3.63) is 24.0 Å². The second kappa shape index (κ2) is 7.37. The van der Waals surface area contributed by atoms with Crippen LogP contribution in [-0.2, 0) is 5.41 Å². The van der Waals surface area contributed by atoms with Crippen LogP contribution in [0.15, 0.2) is 18.5 Å². The lowest BCUT2D eigenvalue weighted by molar-refractivity contribution is 0.314. The molecule has 0 aliphatic heterocycles. The molecule has 3 heteroatoms. The average molecular weight is 250 g/mol. The van der Waals surface area contributed by atoms with Gasteiger partial charge >= 0.3 is 0 Å². The SMILES string of the molecule is CCCOc1cncc(C(C)(C)CCNCC)c1. The zero-order valence-corrected chi connectivity index (χ0v) is 12.1. The molecule has 0 amide bonds. The summed E-state index contributed by atoms with van der Waals surface area (Å²) in [7, 11) is 0. The van der Waals surface area contributed by atoms with E-state index in [2.05, 4.69) is 44.1 Å². The topological polar surface area (TPSA) is 34.1 Å². The maximum atomic E-state index is 5.64. The molecule has 0 aliphatic rings. The number of nitrogens with one attached hydrogen (secondary N) is 1. The molecule has 3 nitrogen and oxygen atoms in total. The van der Waals surface area contributed by atoms with E-state index in [1.165, 1.54) is 5.56 Å². The summed E-state index contributed by atoms with van der Waals surface area (Å²) in [5.74, 6) is 0.880. The Kier molecular flexibility index (Phi) is 6.13. The Bertz CT molecular complexity index is 350. The van der Waals surface area contributed by atoms with E-state index in [1.807, 2.05) is 6.20 Å². The molecule has 0 radical (unpaired) electrons. The third-order valence-corrected chi connectivity index (χ3v) is 3.14. The first-order valence-electron chi connectivity index (χ1n) is 6.89. The van der Waals surface area contributed by atoms with Crippen LogP contribution in [0.25, 0.3) is 0 Å². The van der Waals surface area contributed by atoms with Crippen LogP contribution in [0.3, 0.4) is 0 Å². The van der Waals surface area contributed by atoms with E-state index in [0.29, 0.717) is 0 Å². The summed E-state index contributed by atoms with van der Waals surface area (Å²) in [4.78, 5) is 4.29. The van der Waals surface area contributed by atoms with E-state index in [9.17, 15) is 0 Å². The van der Waals surface area contributed by atoms with Crippen molar-refractivity contribution in [2.45, 2.75) is 46.0 Å². The molecule has 1 heterocycles. The van der Waals surface area contributed by atoms with Gasteiger partial charge in [0.2, 0.25) is 0 Å². The number of hydrogen-bond acceptors (Lipinski definition) is 3. The minimum atomic E-state index is 0.126. The first kappa shape index (κ1) is 15.0. The summed E-state index contributed by atoms with van der Waals surface area (Å²) in [6.07, 6.45) is 5.86. The molecule has 1 aromatic heterocycles. The minimum absolute atomic E-state index is 0.126. The number of rotatable bonds is 8. The Hall–Kier alpha value is -1.09. The van der Waals surface area contributed by atoms with Gasteiger partial charge in [-0.05, 0) is 43.0 Å². The molecular formula is C15H26N2O. The molecular weight excluding hydrogens is 224 g/mol. The highest BCUT2D eigenvalue weighted by molar-refractivity contribution is 5.29. The van der Waals surface area contributed by atoms with Gasteiger partial charge in [-0.3, -0.25) is 4.98 Å². The summed E-state index contributed by atoms with van der Waals surface area (Å²) in [6.45, 7) is 11.6. The molecule has 0 spiro atoms. The number of hydrogen-bond donors (Lipinski definition) is 1. The Balaban J connectivity index is 2.68. The van der Waals surface area contributed by atoms with Gasteiger partial charge in [-0.2, -0.15) is 0 Å². The highest BCUT2D eigenvalue weighted by Crippen LogP contribution is 2.28. The van der Waals surface area contributed by atoms with Crippen LogP contribution in [-0.4, -0.2) is 24.7 Å². The summed E-state index contributed by atoms with van der Waals surface area (Å²) >= 11 is 0. The summed E-state index contributed by atoms with van der Waals surface area (Å²) in [5.41, 5.74) is 1.37. The maximum absolute atomic E-state index is 5.64. The summed E-state index contributed by atoms with van der Waals surface area (Å²) in [6, 6.07) is 2.12. The van der Waals surface area contributed by atoms with E-state index in [-0.39, 0.29) is 5.41 Å². The lowest BCUT2D eigenvalue weighted by atomic mass is 9.82. The third-order valence-electron chi connectivity index (χ3n) is 3.14. The van der Waals surface area contributed by atoms with Crippen LogP contribution in [0, 0.1) is 0 Å². The van der Waals surface area contributed by atoms with Gasteiger partial charge in [0.1, 0.15) is 5.75 Å². The summed E-state index contributed by atoms with van der Waals surface area (Å²) in [5, 5.41) is 3.37. The van der Waals surface area contributed by atoms with Crippen molar-refractivity contribution in [2.75, 3.05) is 19.7 Å². The number of pyridine rings is 1. The number of ether oxygens (including phenoxy) is 1. The quantitative estimate of drug-likeness (QED) is 0.720. The van der Waals surface area contributed by atoms with Gasteiger partial charge in [0, 0.05) is 6.20 Å². The van der Waals surface area contributed by atoms with Gasteiger partial charge in [-0.15, -0.1) is 0 Å². The molecule has 1 N–H and O–H groups in total. The van der Waals surface area contributed by atoms with Gasteiger partial charge in [-0.1, -0.05) is 27.7 Å². The van der Waals surface area contributed by atoms with Crippen LogP contribution in [0.5, 0.6) is 5.75 Å². The number of aromatic nitrogens is 1. The van der Waals surface area contributed by atoms with E-state index in [4.69, 9.17) is 4.74 Å². The fourth-order valence-electron chi connectivity index (χ4n) is 1.81. The zero-order valence-electron chi connectivity index (χ0n) is 12.1. The van der Waals surface area contributed by atoms with Gasteiger partial charge < -0.3 is 10.1 Å². The molecule has 1 rings (SSSR count). The fraction of sp³-hybridized carbons (Fsp3) is 0.667. The van der Waals surface area contributed by atoms with Crippen molar-refractivity contribution >= 4 is 0 Å². The Morgan fingerprint density at radius 2 is 2.06 bits per heavy atom. The second-order valence-corrected chi connectivity index (χ2v) is 5.25. The van der Waals surface area contributed by atoms with Crippen LogP contribution in [0.2, 0.25) is 0 Å². The Morgan fingerprint density at radius 1 is 1.28 bits per heavy atom. The van der Waals surface area contributed by atoms with E-state index in [0.717, 1.165) is 38.3 Å². The van der Waals surface area contributed by atoms with Crippen molar-refractivity contribution < 1.29 is 4.74 Å². The number of nitrogens with zero attached hydrogens (tertiary/aromatic N) is 1. The zero-order chi connectivity index (χ0) is 13.4. The fourth-order valence-corrected chi connectivity index (χ4v) is 1.81. The first-order chi connectivity index (χ1) is 8.60. The molecule has 0 atom stereocenters. The smallest absolute Gasteiger partial charge is 0.137 e. The highest BCUT2D eigenvalue weighted by Gasteiger charge is 2.20. The molecule has 18 heavy (non-hydrogen) atoms. The maximum Gasteiger partial charge on any atom is 0.137 e. The predicted molar refractivity (Wildman–Crippen MR) is 76.2 cm³/mol. The molecule has 0 saturated heterocycles. The van der Waals surface area contributed by atoms with Crippen LogP contribution < -0.4 is 10.1 Å². The van der Waals surface area contributed by atoms with Crippen molar-refractivity contribution in [3.8, 4) is 5.75 Å². The van der Waals surface area contributed by atoms with Crippen molar-refractivity contribution in [1.29, 1.82) is 0 Å². The van der Waals surface area contributed by atoms with Crippen molar-refractivity contribution in [2.24, 2.45) is 0 Å². The van der Waals surface area contributed by atoms with Gasteiger partial charge in [0.25, 0.3) is 0 Å². The lowest BCUT2D eigenvalue weighted by Crippen LogP contribution is -2.25. The first-order valence-corrected chi connectivity index (χ1v) is 6.89. The normalized spacial score (nSPS) is 11.6. The highest BCUT2D eigenvalue weighted by atomic mass is 16.5. The van der Waals surface area contributed by atoms with Crippen LogP contribution >= 0.6 is 0 Å². The minimum Gasteiger partial charge on any atom is -0.492 e. The molecule has 0 unspecified atom stereocenters. The molecule has 0 saturated carbocycles. The second-order valence-electron chi connectivity index (χ2n) is 5.25. The van der Waals surface area contributed by atoms with Gasteiger partial charge in [0.05, 0.1) is 12.8 Å². The molecule has 102 valence electrons. The van der Waals surface area contributed by atoms with E-state index < -0.39 is 0 Å². The monoisotopic (exact) mass is 250 g/mol. The Morgan fingerprint density at radius 3 is 2.72 bits per heavy atom. The molecule has 0 bridgehead atoms. The Labute approximate surface area is 111 Å². The molecule has 0 aromatic carbocycles. The van der Waals surface area contributed by atoms with Crippen molar-refractivity contribution in [1.82, 2.24) is 10.3 Å². The van der Waals surface area contributed by atoms with Crippen LogP contribution in [0.4, 0.5) is 0 Å². The predicted octanol–water partition coefficient (Wildman–Crippen LogP) is 3.15. The van der Waals surface area contributed by atoms with E-state index >= 15 is 0 Å². The third kappa shape index (κ3) is 4.65. The average Bonchev–Trinajstić information content (AvgIpc) is 2.37. The largest absolute Gasteiger partial charge is 0.492 e. The molecule has 0 aliphatic carbocycles.